The lowest BCUT2D eigenvalue weighted by Crippen LogP contribution is -2.05. The van der Waals surface area contributed by atoms with Gasteiger partial charge in [0.1, 0.15) is 12.2 Å². The normalized spacial score (nSPS) is 11.0. The Labute approximate surface area is 111 Å². The number of rotatable bonds is 3. The van der Waals surface area contributed by atoms with Gasteiger partial charge in [-0.15, -0.1) is 0 Å². The smallest absolute Gasteiger partial charge is 0.165 e. The van der Waals surface area contributed by atoms with Gasteiger partial charge in [0.25, 0.3) is 0 Å². The van der Waals surface area contributed by atoms with E-state index in [-0.39, 0.29) is 0 Å². The molecule has 0 saturated carbocycles. The Morgan fingerprint density at radius 3 is 2.68 bits per heavy atom. The number of nitrogens with zero attached hydrogens (tertiary/aromatic N) is 4. The van der Waals surface area contributed by atoms with Gasteiger partial charge >= 0.3 is 0 Å². The van der Waals surface area contributed by atoms with E-state index in [4.69, 9.17) is 5.73 Å². The molecule has 2 heterocycles. The number of nitrogens with two attached hydrogens (primary N) is 1. The molecule has 2 aromatic heterocycles. The predicted octanol–water partition coefficient (Wildman–Crippen LogP) is 2.02. The Morgan fingerprint density at radius 2 is 1.95 bits per heavy atom. The zero-order valence-corrected chi connectivity index (χ0v) is 10.7. The van der Waals surface area contributed by atoms with Gasteiger partial charge in [-0.05, 0) is 5.56 Å². The first kappa shape index (κ1) is 11.6. The number of hydrogen-bond donors (Lipinski definition) is 1. The van der Waals surface area contributed by atoms with Crippen LogP contribution in [0.1, 0.15) is 18.3 Å². The van der Waals surface area contributed by atoms with Crippen molar-refractivity contribution in [1.29, 1.82) is 0 Å². The highest BCUT2D eigenvalue weighted by Gasteiger charge is 2.13. The van der Waals surface area contributed by atoms with E-state index in [0.29, 0.717) is 11.3 Å². The minimum Gasteiger partial charge on any atom is -0.382 e. The number of imidazole rings is 1. The lowest BCUT2D eigenvalue weighted by molar-refractivity contribution is 0.746. The molecular weight excluding hydrogens is 238 g/mol. The second-order valence-corrected chi connectivity index (χ2v) is 4.38. The maximum Gasteiger partial charge on any atom is 0.165 e. The largest absolute Gasteiger partial charge is 0.382 e. The third kappa shape index (κ3) is 2.03. The quantitative estimate of drug-likeness (QED) is 0.775. The van der Waals surface area contributed by atoms with Crippen LogP contribution in [0, 0.1) is 0 Å². The van der Waals surface area contributed by atoms with Gasteiger partial charge in [0.15, 0.2) is 17.0 Å². The van der Waals surface area contributed by atoms with E-state index in [2.05, 4.69) is 38.6 Å². The average Bonchev–Trinajstić information content (AvgIpc) is 2.80. The molecule has 0 radical (unpaired) electrons. The van der Waals surface area contributed by atoms with Crippen LogP contribution in [-0.4, -0.2) is 19.5 Å². The van der Waals surface area contributed by atoms with Crippen LogP contribution in [0.25, 0.3) is 11.2 Å². The first-order valence-corrected chi connectivity index (χ1v) is 6.29. The van der Waals surface area contributed by atoms with Gasteiger partial charge in [-0.25, -0.2) is 15.0 Å². The molecule has 5 heteroatoms. The minimum absolute atomic E-state index is 0.437. The Hall–Kier alpha value is -2.43. The SMILES string of the molecule is CCc1nc2c(N)ncnc2n1Cc1ccccc1. The van der Waals surface area contributed by atoms with Crippen LogP contribution in [0.3, 0.4) is 0 Å². The standard InChI is InChI=1S/C14H15N5/c1-2-11-18-12-13(15)16-9-17-14(12)19(11)8-10-6-4-3-5-7-10/h3-7,9H,2,8H2,1H3,(H2,15,16,17). The van der Waals surface area contributed by atoms with E-state index in [1.54, 1.807) is 0 Å². The topological polar surface area (TPSA) is 69.6 Å². The van der Waals surface area contributed by atoms with Gasteiger partial charge in [0.2, 0.25) is 0 Å². The van der Waals surface area contributed by atoms with Crippen molar-refractivity contribution in [2.24, 2.45) is 0 Å². The van der Waals surface area contributed by atoms with Crippen LogP contribution in [0.15, 0.2) is 36.7 Å². The predicted molar refractivity (Wildman–Crippen MR) is 74.7 cm³/mol. The van der Waals surface area contributed by atoms with Gasteiger partial charge in [-0.2, -0.15) is 0 Å². The van der Waals surface area contributed by atoms with E-state index in [9.17, 15) is 0 Å². The van der Waals surface area contributed by atoms with Crippen molar-refractivity contribution < 1.29 is 0 Å². The molecule has 0 aliphatic heterocycles. The van der Waals surface area contributed by atoms with E-state index < -0.39 is 0 Å². The van der Waals surface area contributed by atoms with Gasteiger partial charge in [0, 0.05) is 6.42 Å². The van der Waals surface area contributed by atoms with Crippen molar-refractivity contribution >= 4 is 17.0 Å². The van der Waals surface area contributed by atoms with Gasteiger partial charge in [-0.3, -0.25) is 0 Å². The molecule has 1 aromatic carbocycles. The highest BCUT2D eigenvalue weighted by Crippen LogP contribution is 2.19. The Balaban J connectivity index is 2.14. The van der Waals surface area contributed by atoms with Crippen molar-refractivity contribution in [3.63, 3.8) is 0 Å². The molecule has 3 rings (SSSR count). The lowest BCUT2D eigenvalue weighted by Gasteiger charge is -2.07. The van der Waals surface area contributed by atoms with Crippen molar-refractivity contribution in [2.45, 2.75) is 19.9 Å². The third-order valence-electron chi connectivity index (χ3n) is 3.14. The molecule has 96 valence electrons. The maximum absolute atomic E-state index is 5.86. The molecule has 0 aliphatic carbocycles. The summed E-state index contributed by atoms with van der Waals surface area (Å²) in [4.78, 5) is 12.8. The molecule has 3 aromatic rings. The summed E-state index contributed by atoms with van der Waals surface area (Å²) in [6, 6.07) is 10.3. The van der Waals surface area contributed by atoms with Crippen molar-refractivity contribution in [3.8, 4) is 0 Å². The molecule has 0 bridgehead atoms. The number of nitrogen functional groups attached to an aromatic ring is 1. The summed E-state index contributed by atoms with van der Waals surface area (Å²) >= 11 is 0. The molecule has 0 amide bonds. The molecule has 0 saturated heterocycles. The molecule has 19 heavy (non-hydrogen) atoms. The van der Waals surface area contributed by atoms with E-state index in [0.717, 1.165) is 24.4 Å². The Kier molecular flexibility index (Phi) is 2.87. The van der Waals surface area contributed by atoms with Gasteiger partial charge < -0.3 is 10.3 Å². The van der Waals surface area contributed by atoms with E-state index in [1.807, 2.05) is 18.2 Å². The highest BCUT2D eigenvalue weighted by atomic mass is 15.1. The maximum atomic E-state index is 5.86. The van der Waals surface area contributed by atoms with Crippen molar-refractivity contribution in [3.05, 3.63) is 48.0 Å². The third-order valence-corrected chi connectivity index (χ3v) is 3.14. The molecule has 2 N–H and O–H groups in total. The zero-order valence-electron chi connectivity index (χ0n) is 10.7. The summed E-state index contributed by atoms with van der Waals surface area (Å²) in [5, 5.41) is 0. The number of aryl methyl sites for hydroxylation is 1. The summed E-state index contributed by atoms with van der Waals surface area (Å²) in [5.74, 6) is 1.41. The monoisotopic (exact) mass is 253 g/mol. The Morgan fingerprint density at radius 1 is 1.16 bits per heavy atom. The van der Waals surface area contributed by atoms with Crippen LogP contribution in [-0.2, 0) is 13.0 Å². The van der Waals surface area contributed by atoms with E-state index in [1.165, 1.54) is 11.9 Å². The first-order valence-electron chi connectivity index (χ1n) is 6.29. The fourth-order valence-corrected chi connectivity index (χ4v) is 2.20. The summed E-state index contributed by atoms with van der Waals surface area (Å²) in [7, 11) is 0. The number of aromatic nitrogens is 4. The minimum atomic E-state index is 0.437. The summed E-state index contributed by atoms with van der Waals surface area (Å²) < 4.78 is 2.10. The molecular formula is C14H15N5. The van der Waals surface area contributed by atoms with Crippen molar-refractivity contribution in [1.82, 2.24) is 19.5 Å². The lowest BCUT2D eigenvalue weighted by atomic mass is 10.2. The molecule has 0 unspecified atom stereocenters. The van der Waals surface area contributed by atoms with Crippen LogP contribution in [0.2, 0.25) is 0 Å². The zero-order chi connectivity index (χ0) is 13.2. The van der Waals surface area contributed by atoms with Crippen molar-refractivity contribution in [2.75, 3.05) is 5.73 Å². The van der Waals surface area contributed by atoms with Crippen LogP contribution in [0.5, 0.6) is 0 Å². The second-order valence-electron chi connectivity index (χ2n) is 4.38. The number of hydrogen-bond acceptors (Lipinski definition) is 4. The molecule has 0 fully saturated rings. The fourth-order valence-electron chi connectivity index (χ4n) is 2.20. The van der Waals surface area contributed by atoms with Gasteiger partial charge in [-0.1, -0.05) is 37.3 Å². The molecule has 5 nitrogen and oxygen atoms in total. The van der Waals surface area contributed by atoms with Crippen LogP contribution >= 0.6 is 0 Å². The summed E-state index contributed by atoms with van der Waals surface area (Å²) in [5.41, 5.74) is 8.57. The molecule has 0 aliphatic rings. The van der Waals surface area contributed by atoms with Crippen LogP contribution in [0.4, 0.5) is 5.82 Å². The summed E-state index contributed by atoms with van der Waals surface area (Å²) in [6.07, 6.45) is 2.32. The molecule has 0 spiro atoms. The number of fused-ring (bicyclic) bond motifs is 1. The fraction of sp³-hybridized carbons (Fsp3) is 0.214. The highest BCUT2D eigenvalue weighted by molar-refractivity contribution is 5.81. The molecule has 0 atom stereocenters. The summed E-state index contributed by atoms with van der Waals surface area (Å²) in [6.45, 7) is 2.82. The van der Waals surface area contributed by atoms with Crippen LogP contribution < -0.4 is 5.73 Å². The number of anilines is 1. The number of benzene rings is 1. The first-order chi connectivity index (χ1) is 9.29. The second kappa shape index (κ2) is 4.68. The Bertz CT molecular complexity index is 702. The van der Waals surface area contributed by atoms with Gasteiger partial charge in [0.05, 0.1) is 6.54 Å². The average molecular weight is 253 g/mol. The van der Waals surface area contributed by atoms with E-state index >= 15 is 0 Å².